The molecule has 2 aromatic carbocycles. The van der Waals surface area contributed by atoms with Crippen LogP contribution in [-0.4, -0.2) is 53.5 Å². The molecule has 0 saturated carbocycles. The summed E-state index contributed by atoms with van der Waals surface area (Å²) in [6.07, 6.45) is 6.86. The summed E-state index contributed by atoms with van der Waals surface area (Å²) in [6.45, 7) is 2.78. The zero-order chi connectivity index (χ0) is 23.9. The second kappa shape index (κ2) is 10.6. The van der Waals surface area contributed by atoms with Gasteiger partial charge in [0, 0.05) is 43.1 Å². The molecular formula is C24H23N5O5. The Labute approximate surface area is 195 Å². The number of nitrogens with zero attached hydrogens (tertiary/aromatic N) is 5. The largest absolute Gasteiger partial charge is 0.378 e. The van der Waals surface area contributed by atoms with Crippen LogP contribution in [0, 0.1) is 20.2 Å². The lowest BCUT2D eigenvalue weighted by atomic mass is 10.1. The molecule has 1 saturated heterocycles. The van der Waals surface area contributed by atoms with Crippen molar-refractivity contribution in [3.05, 3.63) is 96.7 Å². The highest BCUT2D eigenvalue weighted by Crippen LogP contribution is 2.35. The van der Waals surface area contributed by atoms with E-state index in [0.29, 0.717) is 18.8 Å². The van der Waals surface area contributed by atoms with Gasteiger partial charge in [0.05, 0.1) is 35.5 Å². The fourth-order valence-corrected chi connectivity index (χ4v) is 3.99. The van der Waals surface area contributed by atoms with E-state index in [1.165, 1.54) is 18.2 Å². The Morgan fingerprint density at radius 3 is 2.26 bits per heavy atom. The lowest BCUT2D eigenvalue weighted by Gasteiger charge is -2.31. The van der Waals surface area contributed by atoms with E-state index in [-0.39, 0.29) is 11.4 Å². The highest BCUT2D eigenvalue weighted by molar-refractivity contribution is 5.85. The van der Waals surface area contributed by atoms with E-state index in [0.717, 1.165) is 48.3 Å². The quantitative estimate of drug-likeness (QED) is 0.343. The van der Waals surface area contributed by atoms with Gasteiger partial charge in [0.1, 0.15) is 0 Å². The normalized spacial score (nSPS) is 17.9. The molecular weight excluding hydrogens is 438 g/mol. The van der Waals surface area contributed by atoms with E-state index in [1.54, 1.807) is 36.7 Å². The van der Waals surface area contributed by atoms with Crippen LogP contribution in [0.1, 0.15) is 24.0 Å². The Kier molecular flexibility index (Phi) is 7.19. The molecule has 10 nitrogen and oxygen atoms in total. The molecule has 1 fully saturated rings. The van der Waals surface area contributed by atoms with Gasteiger partial charge in [-0.1, -0.05) is 12.1 Å². The number of allylic oxidation sites excluding steroid dienone is 2. The van der Waals surface area contributed by atoms with Crippen molar-refractivity contribution >= 4 is 29.9 Å². The van der Waals surface area contributed by atoms with E-state index in [4.69, 9.17) is 4.74 Å². The second-order valence-corrected chi connectivity index (χ2v) is 7.83. The number of hydrogen-bond donors (Lipinski definition) is 0. The fraction of sp³-hybridized carbons (Fsp3) is 0.250. The number of nitro benzene ring substituents is 2. The molecule has 0 N–H and O–H groups in total. The first-order valence-corrected chi connectivity index (χ1v) is 10.8. The third kappa shape index (κ3) is 5.59. The zero-order valence-corrected chi connectivity index (χ0v) is 18.4. The van der Waals surface area contributed by atoms with Gasteiger partial charge < -0.3 is 9.64 Å². The second-order valence-electron chi connectivity index (χ2n) is 7.83. The Hall–Kier alpha value is -4.18. The summed E-state index contributed by atoms with van der Waals surface area (Å²) in [7, 11) is 0. The number of non-ortho nitro benzene ring substituents is 2. The minimum absolute atomic E-state index is 0.0231. The maximum atomic E-state index is 11.1. The average Bonchev–Trinajstić information content (AvgIpc) is 3.25. The molecule has 0 bridgehead atoms. The molecule has 1 heterocycles. The summed E-state index contributed by atoms with van der Waals surface area (Å²) in [4.78, 5) is 23.3. The van der Waals surface area contributed by atoms with Crippen LogP contribution in [0.2, 0.25) is 0 Å². The van der Waals surface area contributed by atoms with Gasteiger partial charge in [-0.2, -0.15) is 10.2 Å². The molecule has 174 valence electrons. The van der Waals surface area contributed by atoms with Gasteiger partial charge in [0.2, 0.25) is 0 Å². The molecule has 0 aromatic heterocycles. The van der Waals surface area contributed by atoms with Gasteiger partial charge >= 0.3 is 0 Å². The molecule has 1 aliphatic heterocycles. The summed E-state index contributed by atoms with van der Waals surface area (Å²) in [5.74, 6) is 0. The van der Waals surface area contributed by atoms with E-state index in [9.17, 15) is 20.2 Å². The van der Waals surface area contributed by atoms with Crippen LogP contribution in [-0.2, 0) is 4.74 Å². The molecule has 0 unspecified atom stereocenters. The summed E-state index contributed by atoms with van der Waals surface area (Å²) < 4.78 is 5.50. The number of ether oxygens (including phenoxy) is 1. The molecule has 34 heavy (non-hydrogen) atoms. The fourth-order valence-electron chi connectivity index (χ4n) is 3.99. The summed E-state index contributed by atoms with van der Waals surface area (Å²) >= 11 is 0. The number of hydrogen-bond acceptors (Lipinski definition) is 8. The summed E-state index contributed by atoms with van der Waals surface area (Å²) in [5.41, 5.74) is 4.79. The maximum Gasteiger partial charge on any atom is 0.270 e. The van der Waals surface area contributed by atoms with Gasteiger partial charge in [-0.15, -0.1) is 0 Å². The predicted molar refractivity (Wildman–Crippen MR) is 129 cm³/mol. The van der Waals surface area contributed by atoms with Crippen LogP contribution in [0.4, 0.5) is 11.4 Å². The average molecular weight is 461 g/mol. The number of nitro groups is 2. The standard InChI is InChI=1S/C24H23N5O5/c30-28(31)22-8-4-18(5-9-22)16-25-26-17-21-7-6-20(24(21)27-10-12-34-13-11-27)14-19-2-1-3-23(15-19)29(32)33/h1-5,8-9,14-17H,6-7,10-13H2/b20-14-,25-16?,26-17?. The van der Waals surface area contributed by atoms with E-state index < -0.39 is 9.85 Å². The first-order chi connectivity index (χ1) is 16.5. The summed E-state index contributed by atoms with van der Waals surface area (Å²) in [5, 5.41) is 30.2. The molecule has 10 heteroatoms. The van der Waals surface area contributed by atoms with Crippen molar-refractivity contribution in [2.75, 3.05) is 26.3 Å². The van der Waals surface area contributed by atoms with Crippen molar-refractivity contribution in [3.8, 4) is 0 Å². The number of rotatable bonds is 7. The minimum Gasteiger partial charge on any atom is -0.378 e. The van der Waals surface area contributed by atoms with E-state index in [1.807, 2.05) is 12.1 Å². The van der Waals surface area contributed by atoms with Gasteiger partial charge in [-0.3, -0.25) is 20.2 Å². The minimum atomic E-state index is -0.447. The van der Waals surface area contributed by atoms with Crippen molar-refractivity contribution in [3.63, 3.8) is 0 Å². The summed E-state index contributed by atoms with van der Waals surface area (Å²) in [6, 6.07) is 12.7. The van der Waals surface area contributed by atoms with Crippen molar-refractivity contribution in [2.24, 2.45) is 10.2 Å². The first kappa shape index (κ1) is 23.0. The van der Waals surface area contributed by atoms with Gasteiger partial charge in [0.15, 0.2) is 0 Å². The number of morpholine rings is 1. The highest BCUT2D eigenvalue weighted by Gasteiger charge is 2.25. The Morgan fingerprint density at radius 1 is 0.853 bits per heavy atom. The maximum absolute atomic E-state index is 11.1. The van der Waals surface area contributed by atoms with Crippen molar-refractivity contribution in [1.82, 2.24) is 4.90 Å². The Balaban J connectivity index is 1.58. The lowest BCUT2D eigenvalue weighted by molar-refractivity contribution is -0.385. The van der Waals surface area contributed by atoms with Crippen molar-refractivity contribution in [2.45, 2.75) is 12.8 Å². The molecule has 2 aliphatic rings. The first-order valence-electron chi connectivity index (χ1n) is 10.8. The van der Waals surface area contributed by atoms with Crippen LogP contribution in [0.5, 0.6) is 0 Å². The molecule has 0 radical (unpaired) electrons. The van der Waals surface area contributed by atoms with E-state index >= 15 is 0 Å². The van der Waals surface area contributed by atoms with Gasteiger partial charge in [0.25, 0.3) is 11.4 Å². The third-order valence-electron chi connectivity index (χ3n) is 5.61. The van der Waals surface area contributed by atoms with Gasteiger partial charge in [-0.25, -0.2) is 0 Å². The van der Waals surface area contributed by atoms with Crippen LogP contribution in [0.15, 0.2) is 75.6 Å². The molecule has 0 spiro atoms. The SMILES string of the molecule is O=[N+]([O-])c1ccc(C=NN=CC2=C(N3CCOCC3)/C(=C\c3cccc([N+](=O)[O-])c3)CC2)cc1. The topological polar surface area (TPSA) is 123 Å². The Morgan fingerprint density at radius 2 is 1.56 bits per heavy atom. The zero-order valence-electron chi connectivity index (χ0n) is 18.4. The van der Waals surface area contributed by atoms with Crippen LogP contribution >= 0.6 is 0 Å². The van der Waals surface area contributed by atoms with Crippen molar-refractivity contribution < 1.29 is 14.6 Å². The van der Waals surface area contributed by atoms with Crippen LogP contribution in [0.25, 0.3) is 6.08 Å². The molecule has 1 aliphatic carbocycles. The molecule has 4 rings (SSSR count). The predicted octanol–water partition coefficient (Wildman–Crippen LogP) is 4.37. The Bertz CT molecular complexity index is 1190. The highest BCUT2D eigenvalue weighted by atomic mass is 16.6. The lowest BCUT2D eigenvalue weighted by Crippen LogP contribution is -2.36. The van der Waals surface area contributed by atoms with Gasteiger partial charge in [-0.05, 0) is 53.3 Å². The monoisotopic (exact) mass is 461 g/mol. The molecule has 2 aromatic rings. The van der Waals surface area contributed by atoms with E-state index in [2.05, 4.69) is 15.1 Å². The number of benzene rings is 2. The molecule has 0 amide bonds. The van der Waals surface area contributed by atoms with Crippen LogP contribution < -0.4 is 0 Å². The van der Waals surface area contributed by atoms with Crippen molar-refractivity contribution in [1.29, 1.82) is 0 Å². The molecule has 0 atom stereocenters. The smallest absolute Gasteiger partial charge is 0.270 e. The van der Waals surface area contributed by atoms with Crippen LogP contribution in [0.3, 0.4) is 0 Å². The third-order valence-corrected chi connectivity index (χ3v) is 5.61.